The largest absolute Gasteiger partial charge is 0.296 e. The minimum atomic E-state index is 0.139. The van der Waals surface area contributed by atoms with Gasteiger partial charge in [-0.2, -0.15) is 17.7 Å². The molecule has 4 nitrogen and oxygen atoms in total. The summed E-state index contributed by atoms with van der Waals surface area (Å²) in [4.78, 5) is 13.9. The van der Waals surface area contributed by atoms with Gasteiger partial charge in [-0.1, -0.05) is 30.3 Å². The number of hydrogen-bond donors (Lipinski definition) is 2. The Morgan fingerprint density at radius 3 is 2.84 bits per heavy atom. The molecule has 0 radical (unpaired) electrons. The quantitative estimate of drug-likeness (QED) is 0.843. The first-order chi connectivity index (χ1) is 9.29. The third-order valence-corrected chi connectivity index (χ3v) is 3.95. The van der Waals surface area contributed by atoms with E-state index in [1.807, 2.05) is 30.3 Å². The lowest BCUT2D eigenvalue weighted by Gasteiger charge is -2.16. The Hall–Kier alpha value is -1.75. The van der Waals surface area contributed by atoms with Gasteiger partial charge in [0.25, 0.3) is 0 Å². The SMILES string of the molecule is O=C1CC(CS)CN1c1[nH]ncc1-c1ccccc1. The average molecular weight is 273 g/mol. The fourth-order valence-electron chi connectivity index (χ4n) is 2.43. The molecule has 1 fully saturated rings. The molecule has 1 saturated heterocycles. The van der Waals surface area contributed by atoms with Crippen molar-refractivity contribution in [3.8, 4) is 11.1 Å². The lowest BCUT2D eigenvalue weighted by Crippen LogP contribution is -2.25. The van der Waals surface area contributed by atoms with Crippen LogP contribution in [0.1, 0.15) is 6.42 Å². The van der Waals surface area contributed by atoms with Crippen LogP contribution in [0.3, 0.4) is 0 Å². The van der Waals surface area contributed by atoms with Crippen molar-refractivity contribution < 1.29 is 4.79 Å². The fourth-order valence-corrected chi connectivity index (χ4v) is 2.68. The van der Waals surface area contributed by atoms with E-state index in [0.29, 0.717) is 18.9 Å². The maximum absolute atomic E-state index is 12.1. The Morgan fingerprint density at radius 1 is 1.37 bits per heavy atom. The summed E-state index contributed by atoms with van der Waals surface area (Å²) in [5.74, 6) is 1.99. The van der Waals surface area contributed by atoms with Crippen molar-refractivity contribution in [3.05, 3.63) is 36.5 Å². The highest BCUT2D eigenvalue weighted by Crippen LogP contribution is 2.32. The standard InChI is InChI=1S/C14H15N3OS/c18-13-6-10(9-19)8-17(13)14-12(7-15-16-14)11-4-2-1-3-5-11/h1-5,7,10,19H,6,8-9H2,(H,15,16). The Morgan fingerprint density at radius 2 is 2.16 bits per heavy atom. The topological polar surface area (TPSA) is 49.0 Å². The lowest BCUT2D eigenvalue weighted by atomic mass is 10.1. The highest BCUT2D eigenvalue weighted by molar-refractivity contribution is 7.80. The van der Waals surface area contributed by atoms with Gasteiger partial charge in [0.15, 0.2) is 0 Å². The van der Waals surface area contributed by atoms with E-state index in [4.69, 9.17) is 0 Å². The maximum Gasteiger partial charge on any atom is 0.228 e. The molecule has 3 rings (SSSR count). The van der Waals surface area contributed by atoms with Gasteiger partial charge in [-0.25, -0.2) is 0 Å². The molecule has 0 spiro atoms. The highest BCUT2D eigenvalue weighted by atomic mass is 32.1. The molecular formula is C14H15N3OS. The third kappa shape index (κ3) is 2.26. The van der Waals surface area contributed by atoms with E-state index in [9.17, 15) is 4.79 Å². The van der Waals surface area contributed by atoms with Gasteiger partial charge in [0.1, 0.15) is 5.82 Å². The number of amides is 1. The summed E-state index contributed by atoms with van der Waals surface area (Å²) in [6, 6.07) is 9.97. The van der Waals surface area contributed by atoms with Crippen molar-refractivity contribution in [1.82, 2.24) is 10.2 Å². The second-order valence-electron chi connectivity index (χ2n) is 4.76. The van der Waals surface area contributed by atoms with E-state index in [1.54, 1.807) is 11.1 Å². The number of carbonyl (C=O) groups is 1. The zero-order chi connectivity index (χ0) is 13.2. The third-order valence-electron chi connectivity index (χ3n) is 3.44. The Balaban J connectivity index is 1.95. The molecule has 5 heteroatoms. The predicted molar refractivity (Wildman–Crippen MR) is 78.3 cm³/mol. The monoisotopic (exact) mass is 273 g/mol. The molecular weight excluding hydrogens is 258 g/mol. The molecule has 1 aliphatic rings. The molecule has 1 unspecified atom stereocenters. The summed E-state index contributed by atoms with van der Waals surface area (Å²) in [7, 11) is 0. The van der Waals surface area contributed by atoms with Gasteiger partial charge in [-0.3, -0.25) is 14.8 Å². The number of aromatic nitrogens is 2. The zero-order valence-electron chi connectivity index (χ0n) is 10.4. The minimum absolute atomic E-state index is 0.139. The van der Waals surface area contributed by atoms with Gasteiger partial charge < -0.3 is 0 Å². The van der Waals surface area contributed by atoms with Crippen LogP contribution < -0.4 is 4.90 Å². The zero-order valence-corrected chi connectivity index (χ0v) is 11.3. The van der Waals surface area contributed by atoms with Gasteiger partial charge in [0, 0.05) is 18.5 Å². The van der Waals surface area contributed by atoms with E-state index in [2.05, 4.69) is 22.8 Å². The first-order valence-electron chi connectivity index (χ1n) is 6.29. The number of hydrogen-bond acceptors (Lipinski definition) is 3. The molecule has 19 heavy (non-hydrogen) atoms. The number of carbonyl (C=O) groups excluding carboxylic acids is 1. The number of anilines is 1. The first-order valence-corrected chi connectivity index (χ1v) is 6.93. The summed E-state index contributed by atoms with van der Waals surface area (Å²) in [6.07, 6.45) is 2.34. The molecule has 1 N–H and O–H groups in total. The smallest absolute Gasteiger partial charge is 0.228 e. The van der Waals surface area contributed by atoms with E-state index in [1.165, 1.54) is 0 Å². The van der Waals surface area contributed by atoms with Crippen LogP contribution in [0.25, 0.3) is 11.1 Å². The van der Waals surface area contributed by atoms with Gasteiger partial charge >= 0.3 is 0 Å². The molecule has 1 aromatic heterocycles. The number of thiol groups is 1. The second kappa shape index (κ2) is 5.09. The Bertz CT molecular complexity index is 581. The highest BCUT2D eigenvalue weighted by Gasteiger charge is 2.32. The number of benzene rings is 1. The average Bonchev–Trinajstić information content (AvgIpc) is 3.05. The van der Waals surface area contributed by atoms with Gasteiger partial charge in [0.2, 0.25) is 5.91 Å². The van der Waals surface area contributed by atoms with Gasteiger partial charge in [0.05, 0.1) is 6.20 Å². The molecule has 2 heterocycles. The van der Waals surface area contributed by atoms with Crippen molar-refractivity contribution in [1.29, 1.82) is 0 Å². The summed E-state index contributed by atoms with van der Waals surface area (Å²) >= 11 is 4.29. The Kier molecular flexibility index (Phi) is 3.29. The molecule has 98 valence electrons. The molecule has 1 amide bonds. The normalized spacial score (nSPS) is 19.1. The summed E-state index contributed by atoms with van der Waals surface area (Å²) < 4.78 is 0. The summed E-state index contributed by atoms with van der Waals surface area (Å²) in [5, 5.41) is 7.04. The molecule has 1 aromatic carbocycles. The van der Waals surface area contributed by atoms with Crippen LogP contribution in [0.2, 0.25) is 0 Å². The van der Waals surface area contributed by atoms with Crippen molar-refractivity contribution in [3.63, 3.8) is 0 Å². The molecule has 2 aromatic rings. The van der Waals surface area contributed by atoms with Gasteiger partial charge in [-0.05, 0) is 17.2 Å². The summed E-state index contributed by atoms with van der Waals surface area (Å²) in [6.45, 7) is 0.713. The number of H-pyrrole nitrogens is 1. The van der Waals surface area contributed by atoms with Crippen LogP contribution in [0.4, 0.5) is 5.82 Å². The van der Waals surface area contributed by atoms with Crippen molar-refractivity contribution in [2.45, 2.75) is 6.42 Å². The van der Waals surface area contributed by atoms with Crippen molar-refractivity contribution in [2.75, 3.05) is 17.2 Å². The second-order valence-corrected chi connectivity index (χ2v) is 5.12. The van der Waals surface area contributed by atoms with E-state index >= 15 is 0 Å². The number of nitrogens with zero attached hydrogens (tertiary/aromatic N) is 2. The first kappa shape index (κ1) is 12.3. The summed E-state index contributed by atoms with van der Waals surface area (Å²) in [5.41, 5.74) is 2.03. The molecule has 0 bridgehead atoms. The van der Waals surface area contributed by atoms with E-state index < -0.39 is 0 Å². The molecule has 0 saturated carbocycles. The fraction of sp³-hybridized carbons (Fsp3) is 0.286. The van der Waals surface area contributed by atoms with Crippen molar-refractivity contribution in [2.24, 2.45) is 5.92 Å². The number of aromatic amines is 1. The van der Waals surface area contributed by atoms with Crippen LogP contribution in [-0.2, 0) is 4.79 Å². The maximum atomic E-state index is 12.1. The molecule has 1 aliphatic heterocycles. The van der Waals surface area contributed by atoms with Crippen LogP contribution in [-0.4, -0.2) is 28.4 Å². The number of rotatable bonds is 3. The van der Waals surface area contributed by atoms with Crippen LogP contribution in [0.15, 0.2) is 36.5 Å². The van der Waals surface area contributed by atoms with Gasteiger partial charge in [-0.15, -0.1) is 0 Å². The lowest BCUT2D eigenvalue weighted by molar-refractivity contribution is -0.117. The van der Waals surface area contributed by atoms with E-state index in [-0.39, 0.29) is 5.91 Å². The van der Waals surface area contributed by atoms with Crippen molar-refractivity contribution >= 4 is 24.4 Å². The van der Waals surface area contributed by atoms with Crippen LogP contribution >= 0.6 is 12.6 Å². The van der Waals surface area contributed by atoms with Crippen LogP contribution in [0.5, 0.6) is 0 Å². The predicted octanol–water partition coefficient (Wildman–Crippen LogP) is 2.36. The number of nitrogens with one attached hydrogen (secondary N) is 1. The minimum Gasteiger partial charge on any atom is -0.296 e. The molecule has 1 atom stereocenters. The van der Waals surface area contributed by atoms with E-state index in [0.717, 1.165) is 22.7 Å². The Labute approximate surface area is 117 Å². The molecule has 0 aliphatic carbocycles. The van der Waals surface area contributed by atoms with Crippen LogP contribution in [0, 0.1) is 5.92 Å².